The first-order valence-electron chi connectivity index (χ1n) is 7.99. The van der Waals surface area contributed by atoms with Crippen molar-refractivity contribution < 1.29 is 9.59 Å². The Balaban J connectivity index is 2.04. The molecule has 0 radical (unpaired) electrons. The van der Waals surface area contributed by atoms with E-state index in [1.165, 1.54) is 0 Å². The van der Waals surface area contributed by atoms with Gasteiger partial charge in [0.15, 0.2) is 0 Å². The van der Waals surface area contributed by atoms with Crippen LogP contribution in [0.25, 0.3) is 0 Å². The highest BCUT2D eigenvalue weighted by Crippen LogP contribution is 2.29. The van der Waals surface area contributed by atoms with Crippen molar-refractivity contribution in [1.29, 1.82) is 5.26 Å². The molecule has 2 N–H and O–H groups in total. The van der Waals surface area contributed by atoms with Gasteiger partial charge in [0.2, 0.25) is 11.8 Å². The van der Waals surface area contributed by atoms with Crippen molar-refractivity contribution in [2.45, 2.75) is 32.6 Å². The van der Waals surface area contributed by atoms with Gasteiger partial charge in [-0.2, -0.15) is 5.26 Å². The van der Waals surface area contributed by atoms with Crippen molar-refractivity contribution in [3.63, 3.8) is 0 Å². The highest BCUT2D eigenvalue weighted by atomic mass is 16.2. The molecule has 0 saturated carbocycles. The highest BCUT2D eigenvalue weighted by Gasteiger charge is 2.19. The molecule has 0 bridgehead atoms. The Morgan fingerprint density at radius 3 is 2.04 bits per heavy atom. The molecule has 0 heterocycles. The molecule has 0 fully saturated rings. The molecule has 5 nitrogen and oxygen atoms in total. The van der Waals surface area contributed by atoms with E-state index in [-0.39, 0.29) is 11.8 Å². The molecule has 0 aliphatic rings. The van der Waals surface area contributed by atoms with Crippen LogP contribution in [0.3, 0.4) is 0 Å². The summed E-state index contributed by atoms with van der Waals surface area (Å²) in [4.78, 5) is 24.3. The van der Waals surface area contributed by atoms with Gasteiger partial charge in [0, 0.05) is 5.69 Å². The van der Waals surface area contributed by atoms with Crippen LogP contribution in [0.5, 0.6) is 0 Å². The van der Waals surface area contributed by atoms with Gasteiger partial charge in [-0.05, 0) is 29.2 Å². The number of hydrogen-bond acceptors (Lipinski definition) is 3. The zero-order valence-corrected chi connectivity index (χ0v) is 14.6. The second-order valence-electron chi connectivity index (χ2n) is 6.73. The molecule has 2 aromatic carbocycles. The fraction of sp³-hybridized carbons (Fsp3) is 0.250. The average molecular weight is 335 g/mol. The van der Waals surface area contributed by atoms with E-state index >= 15 is 0 Å². The number of carbonyl (C=O) groups is 2. The van der Waals surface area contributed by atoms with Crippen LogP contribution >= 0.6 is 0 Å². The average Bonchev–Trinajstić information content (AvgIpc) is 2.54. The molecule has 0 aliphatic carbocycles. The quantitative estimate of drug-likeness (QED) is 0.833. The molecule has 128 valence electrons. The lowest BCUT2D eigenvalue weighted by molar-refractivity contribution is -0.123. The van der Waals surface area contributed by atoms with E-state index in [2.05, 4.69) is 31.4 Å². The number of para-hydroxylation sites is 2. The zero-order chi connectivity index (χ0) is 18.4. The second-order valence-corrected chi connectivity index (χ2v) is 6.73. The number of nitriles is 1. The minimum atomic E-state index is -0.464. The van der Waals surface area contributed by atoms with Gasteiger partial charge in [0.25, 0.3) is 0 Å². The largest absolute Gasteiger partial charge is 0.325 e. The third kappa shape index (κ3) is 4.92. The first kappa shape index (κ1) is 18.2. The summed E-state index contributed by atoms with van der Waals surface area (Å²) in [7, 11) is 0. The maximum absolute atomic E-state index is 12.2. The van der Waals surface area contributed by atoms with Gasteiger partial charge in [-0.1, -0.05) is 51.1 Å². The molecule has 0 atom stereocenters. The van der Waals surface area contributed by atoms with Crippen molar-refractivity contribution in [2.24, 2.45) is 0 Å². The van der Waals surface area contributed by atoms with E-state index in [1.54, 1.807) is 24.3 Å². The van der Waals surface area contributed by atoms with E-state index in [0.29, 0.717) is 16.9 Å². The second kappa shape index (κ2) is 7.63. The molecule has 0 saturated heterocycles. The lowest BCUT2D eigenvalue weighted by atomic mass is 9.86. The third-order valence-corrected chi connectivity index (χ3v) is 3.65. The molecule has 0 unspecified atom stereocenters. The van der Waals surface area contributed by atoms with Crippen LogP contribution < -0.4 is 10.6 Å². The predicted molar refractivity (Wildman–Crippen MR) is 98.2 cm³/mol. The first-order chi connectivity index (χ1) is 11.8. The topological polar surface area (TPSA) is 82.0 Å². The van der Waals surface area contributed by atoms with Crippen LogP contribution in [-0.4, -0.2) is 11.8 Å². The van der Waals surface area contributed by atoms with Crippen molar-refractivity contribution >= 4 is 23.2 Å². The molecular formula is C20H21N3O2. The molecule has 5 heteroatoms. The predicted octanol–water partition coefficient (Wildman–Crippen LogP) is 3.82. The summed E-state index contributed by atoms with van der Waals surface area (Å²) >= 11 is 0. The number of rotatable bonds is 4. The number of nitrogens with zero attached hydrogens (tertiary/aromatic N) is 1. The Kier molecular flexibility index (Phi) is 5.56. The monoisotopic (exact) mass is 335 g/mol. The highest BCUT2D eigenvalue weighted by molar-refractivity contribution is 6.08. The van der Waals surface area contributed by atoms with Gasteiger partial charge in [0.1, 0.15) is 12.5 Å². The molecule has 0 aromatic heterocycles. The number of benzene rings is 2. The van der Waals surface area contributed by atoms with Crippen LogP contribution in [0, 0.1) is 11.3 Å². The molecule has 2 rings (SSSR count). The first-order valence-corrected chi connectivity index (χ1v) is 7.99. The molecule has 0 spiro atoms. The normalized spacial score (nSPS) is 10.6. The number of amides is 2. The van der Waals surface area contributed by atoms with Crippen LogP contribution in [-0.2, 0) is 15.0 Å². The summed E-state index contributed by atoms with van der Waals surface area (Å²) in [6.07, 6.45) is -0.321. The summed E-state index contributed by atoms with van der Waals surface area (Å²) in [6.45, 7) is 6.18. The molecule has 25 heavy (non-hydrogen) atoms. The van der Waals surface area contributed by atoms with Crippen molar-refractivity contribution in [3.05, 3.63) is 59.7 Å². The minimum absolute atomic E-state index is 0.127. The van der Waals surface area contributed by atoms with Gasteiger partial charge < -0.3 is 10.6 Å². The Morgan fingerprint density at radius 2 is 1.44 bits per heavy atom. The van der Waals surface area contributed by atoms with Gasteiger partial charge in [0.05, 0.1) is 11.3 Å². The Hall–Kier alpha value is -3.13. The Labute approximate surface area is 147 Å². The third-order valence-electron chi connectivity index (χ3n) is 3.65. The summed E-state index contributed by atoms with van der Waals surface area (Å²) in [6, 6.07) is 16.2. The van der Waals surface area contributed by atoms with Crippen LogP contribution in [0.2, 0.25) is 0 Å². The van der Waals surface area contributed by atoms with Gasteiger partial charge >= 0.3 is 0 Å². The standard InChI is InChI=1S/C20H21N3O2/c1-20(2,3)15-9-5-7-11-17(15)23-19(25)12-18(24)22-16-10-6-4-8-14(16)13-21/h4-11H,12H2,1-3H3,(H,22,24)(H,23,25). The maximum Gasteiger partial charge on any atom is 0.233 e. The summed E-state index contributed by atoms with van der Waals surface area (Å²) in [5, 5.41) is 14.4. The maximum atomic E-state index is 12.2. The molecular weight excluding hydrogens is 314 g/mol. The lowest BCUT2D eigenvalue weighted by Crippen LogP contribution is -2.23. The van der Waals surface area contributed by atoms with Gasteiger partial charge in [-0.15, -0.1) is 0 Å². The van der Waals surface area contributed by atoms with Crippen molar-refractivity contribution in [1.82, 2.24) is 0 Å². The minimum Gasteiger partial charge on any atom is -0.325 e. The SMILES string of the molecule is CC(C)(C)c1ccccc1NC(=O)CC(=O)Nc1ccccc1C#N. The van der Waals surface area contributed by atoms with Crippen molar-refractivity contribution in [3.8, 4) is 6.07 Å². The van der Waals surface area contributed by atoms with Crippen molar-refractivity contribution in [2.75, 3.05) is 10.6 Å². The molecule has 0 aliphatic heterocycles. The number of carbonyl (C=O) groups excluding carboxylic acids is 2. The Bertz CT molecular complexity index is 829. The van der Waals surface area contributed by atoms with E-state index in [4.69, 9.17) is 5.26 Å². The fourth-order valence-corrected chi connectivity index (χ4v) is 2.47. The van der Waals surface area contributed by atoms with E-state index in [9.17, 15) is 9.59 Å². The number of anilines is 2. The number of hydrogen-bond donors (Lipinski definition) is 2. The summed E-state index contributed by atoms with van der Waals surface area (Å²) in [5.41, 5.74) is 2.33. The zero-order valence-electron chi connectivity index (χ0n) is 14.6. The Morgan fingerprint density at radius 1 is 0.920 bits per heavy atom. The molecule has 2 aromatic rings. The van der Waals surface area contributed by atoms with Gasteiger partial charge in [-0.25, -0.2) is 0 Å². The summed E-state index contributed by atoms with van der Waals surface area (Å²) in [5.74, 6) is -0.864. The van der Waals surface area contributed by atoms with Crippen LogP contribution in [0.15, 0.2) is 48.5 Å². The van der Waals surface area contributed by atoms with Crippen LogP contribution in [0.4, 0.5) is 11.4 Å². The van der Waals surface area contributed by atoms with E-state index in [1.807, 2.05) is 30.3 Å². The van der Waals surface area contributed by atoms with Crippen LogP contribution in [0.1, 0.15) is 38.3 Å². The number of nitrogens with one attached hydrogen (secondary N) is 2. The summed E-state index contributed by atoms with van der Waals surface area (Å²) < 4.78 is 0. The molecule has 2 amide bonds. The smallest absolute Gasteiger partial charge is 0.233 e. The van der Waals surface area contributed by atoms with Gasteiger partial charge in [-0.3, -0.25) is 9.59 Å². The van der Waals surface area contributed by atoms with E-state index in [0.717, 1.165) is 5.56 Å². The fourth-order valence-electron chi connectivity index (χ4n) is 2.47. The van der Waals surface area contributed by atoms with E-state index < -0.39 is 11.8 Å². The lowest BCUT2D eigenvalue weighted by Gasteiger charge is -2.23.